The molecule has 0 spiro atoms. The van der Waals surface area contributed by atoms with Crippen molar-refractivity contribution in [1.82, 2.24) is 9.55 Å². The van der Waals surface area contributed by atoms with Crippen molar-refractivity contribution in [3.8, 4) is 0 Å². The second-order valence-corrected chi connectivity index (χ2v) is 11.2. The van der Waals surface area contributed by atoms with Gasteiger partial charge in [-0.25, -0.2) is 4.98 Å². The average Bonchev–Trinajstić information content (AvgIpc) is 2.44. The Morgan fingerprint density at radius 2 is 1.88 bits per heavy atom. The van der Waals surface area contributed by atoms with Crippen LogP contribution in [-0.2, 0) is 7.05 Å². The molecule has 0 N–H and O–H groups in total. The van der Waals surface area contributed by atoms with Crippen LogP contribution in [0.15, 0.2) is 6.20 Å². The summed E-state index contributed by atoms with van der Waals surface area (Å²) in [6, 6.07) is 0. The number of nitrogens with zero attached hydrogens (tertiary/aromatic N) is 2. The van der Waals surface area contributed by atoms with Crippen LogP contribution in [0.5, 0.6) is 0 Å². The lowest BCUT2D eigenvalue weighted by Gasteiger charge is -2.35. The van der Waals surface area contributed by atoms with Gasteiger partial charge in [-0.05, 0) is 5.04 Å². The van der Waals surface area contributed by atoms with E-state index >= 15 is 0 Å². The minimum Gasteiger partial charge on any atom is -0.333 e. The van der Waals surface area contributed by atoms with Gasteiger partial charge in [0, 0.05) is 14.0 Å². The molecule has 0 aliphatic carbocycles. The van der Waals surface area contributed by atoms with Crippen molar-refractivity contribution in [3.05, 3.63) is 11.9 Å². The molecule has 1 rings (SSSR count). The minimum absolute atomic E-state index is 0.0833. The Hall–Kier alpha value is -0.903. The maximum absolute atomic E-state index is 11.4. The lowest BCUT2D eigenvalue weighted by Crippen LogP contribution is -2.53. The third kappa shape index (κ3) is 1.98. The summed E-state index contributed by atoms with van der Waals surface area (Å²) < 4.78 is 1.97. The van der Waals surface area contributed by atoms with Gasteiger partial charge in [-0.2, -0.15) is 0 Å². The summed E-state index contributed by atoms with van der Waals surface area (Å²) in [4.78, 5) is 15.9. The van der Waals surface area contributed by atoms with Crippen molar-refractivity contribution < 1.29 is 4.79 Å². The Kier molecular flexibility index (Phi) is 3.16. The van der Waals surface area contributed by atoms with E-state index in [0.717, 1.165) is 5.45 Å². The van der Waals surface area contributed by atoms with Crippen molar-refractivity contribution in [1.29, 1.82) is 0 Å². The number of ketones is 1. The molecule has 0 aliphatic rings. The monoisotopic (exact) mass is 238 g/mol. The van der Waals surface area contributed by atoms with Gasteiger partial charge < -0.3 is 4.57 Å². The molecule has 0 unspecified atom stereocenters. The summed E-state index contributed by atoms with van der Waals surface area (Å²) in [6.45, 7) is 13.0. The number of hydrogen-bond acceptors (Lipinski definition) is 2. The predicted octanol–water partition coefficient (Wildman–Crippen LogP) is 2.34. The summed E-state index contributed by atoms with van der Waals surface area (Å²) in [7, 11) is 0.293. The summed E-state index contributed by atoms with van der Waals surface area (Å²) in [5.41, 5.74) is 1.81. The van der Waals surface area contributed by atoms with Crippen LogP contribution in [0.1, 0.15) is 38.2 Å². The zero-order chi connectivity index (χ0) is 12.7. The smallest absolute Gasteiger partial charge is 0.177 e. The number of carbonyl (C=O) groups is 1. The molecule has 0 bridgehead atoms. The van der Waals surface area contributed by atoms with Crippen LogP contribution in [0.2, 0.25) is 18.1 Å². The first-order chi connectivity index (χ1) is 7.09. The van der Waals surface area contributed by atoms with E-state index in [1.807, 2.05) is 11.6 Å². The third-order valence-electron chi connectivity index (χ3n) is 3.78. The van der Waals surface area contributed by atoms with Gasteiger partial charge in [0.2, 0.25) is 0 Å². The van der Waals surface area contributed by atoms with E-state index in [2.05, 4.69) is 38.8 Å². The molecule has 1 heterocycles. The molecule has 0 aromatic carbocycles. The van der Waals surface area contributed by atoms with Crippen molar-refractivity contribution in [2.75, 3.05) is 0 Å². The van der Waals surface area contributed by atoms with Crippen LogP contribution in [0.3, 0.4) is 0 Å². The molecular weight excluding hydrogens is 216 g/mol. The fourth-order valence-electron chi connectivity index (χ4n) is 1.65. The molecule has 0 aliphatic heterocycles. The molecule has 4 heteroatoms. The molecule has 0 saturated heterocycles. The van der Waals surface area contributed by atoms with E-state index in [4.69, 9.17) is 0 Å². The first-order valence-electron chi connectivity index (χ1n) is 5.62. The highest BCUT2D eigenvalue weighted by atomic mass is 28.3. The molecule has 0 fully saturated rings. The van der Waals surface area contributed by atoms with Crippen molar-refractivity contribution in [3.63, 3.8) is 0 Å². The lowest BCUT2D eigenvalue weighted by molar-refractivity contribution is 0.101. The van der Waals surface area contributed by atoms with Gasteiger partial charge in [-0.15, -0.1) is 0 Å². The van der Waals surface area contributed by atoms with Crippen LogP contribution < -0.4 is 5.45 Å². The van der Waals surface area contributed by atoms with Crippen LogP contribution >= 0.6 is 0 Å². The van der Waals surface area contributed by atoms with Crippen molar-refractivity contribution >= 4 is 19.3 Å². The topological polar surface area (TPSA) is 34.9 Å². The Morgan fingerprint density at radius 1 is 1.38 bits per heavy atom. The van der Waals surface area contributed by atoms with Gasteiger partial charge in [0.05, 0.1) is 11.6 Å². The molecule has 0 radical (unpaired) electrons. The molecule has 0 atom stereocenters. The van der Waals surface area contributed by atoms with E-state index in [9.17, 15) is 4.79 Å². The number of rotatable bonds is 2. The summed E-state index contributed by atoms with van der Waals surface area (Å²) >= 11 is 0. The largest absolute Gasteiger partial charge is 0.333 e. The molecule has 90 valence electrons. The Balaban J connectivity index is 3.31. The second-order valence-electron chi connectivity index (χ2n) is 5.96. The average molecular weight is 238 g/mol. The quantitative estimate of drug-likeness (QED) is 0.585. The highest BCUT2D eigenvalue weighted by Gasteiger charge is 2.40. The molecule has 0 saturated carbocycles. The third-order valence-corrected chi connectivity index (χ3v) is 9.12. The van der Waals surface area contributed by atoms with E-state index in [0.29, 0.717) is 5.69 Å². The van der Waals surface area contributed by atoms with E-state index in [1.54, 1.807) is 13.1 Å². The number of aromatic nitrogens is 2. The molecular formula is C12H22N2OSi. The highest BCUT2D eigenvalue weighted by Crippen LogP contribution is 2.35. The maximum Gasteiger partial charge on any atom is 0.177 e. The molecule has 1 aromatic heterocycles. The first-order valence-corrected chi connectivity index (χ1v) is 8.62. The Labute approximate surface area is 98.9 Å². The number of Topliss-reactive ketones (excluding diaryl/α,β-unsaturated/α-hetero) is 1. The zero-order valence-corrected chi connectivity index (χ0v) is 12.4. The van der Waals surface area contributed by atoms with E-state index in [1.165, 1.54) is 0 Å². The van der Waals surface area contributed by atoms with Crippen molar-refractivity contribution in [2.45, 2.75) is 45.8 Å². The molecule has 1 aromatic rings. The fraction of sp³-hybridized carbons (Fsp3) is 0.667. The van der Waals surface area contributed by atoms with Gasteiger partial charge in [0.15, 0.2) is 5.78 Å². The molecule has 3 nitrogen and oxygen atoms in total. The van der Waals surface area contributed by atoms with Crippen LogP contribution in [0.4, 0.5) is 0 Å². The Morgan fingerprint density at radius 3 is 2.19 bits per heavy atom. The minimum atomic E-state index is -1.65. The van der Waals surface area contributed by atoms with Crippen LogP contribution in [-0.4, -0.2) is 23.4 Å². The van der Waals surface area contributed by atoms with Gasteiger partial charge >= 0.3 is 0 Å². The van der Waals surface area contributed by atoms with E-state index < -0.39 is 8.07 Å². The SMILES string of the molecule is CC(=O)c1cnc([Si](C)(C)C(C)(C)C)n1C. The van der Waals surface area contributed by atoms with Crippen LogP contribution in [0, 0.1) is 0 Å². The zero-order valence-electron chi connectivity index (χ0n) is 11.4. The second kappa shape index (κ2) is 3.84. The van der Waals surface area contributed by atoms with Gasteiger partial charge in [-0.3, -0.25) is 4.79 Å². The van der Waals surface area contributed by atoms with Crippen LogP contribution in [0.25, 0.3) is 0 Å². The predicted molar refractivity (Wildman–Crippen MR) is 70.0 cm³/mol. The summed E-state index contributed by atoms with van der Waals surface area (Å²) in [5.74, 6) is 0.0833. The maximum atomic E-state index is 11.4. The fourth-order valence-corrected chi connectivity index (χ4v) is 3.67. The molecule has 0 amide bonds. The van der Waals surface area contributed by atoms with E-state index in [-0.39, 0.29) is 10.8 Å². The first kappa shape index (κ1) is 13.2. The number of imidazole rings is 1. The van der Waals surface area contributed by atoms with Gasteiger partial charge in [-0.1, -0.05) is 33.9 Å². The number of carbonyl (C=O) groups excluding carboxylic acids is 1. The highest BCUT2D eigenvalue weighted by molar-refractivity contribution is 6.91. The van der Waals surface area contributed by atoms with Gasteiger partial charge in [0.1, 0.15) is 13.8 Å². The number of hydrogen-bond donors (Lipinski definition) is 0. The Bertz CT molecular complexity index is 413. The lowest BCUT2D eigenvalue weighted by atomic mass is 10.2. The molecule has 16 heavy (non-hydrogen) atoms. The normalized spacial score (nSPS) is 12.9. The standard InChI is InChI=1S/C12H22N2OSi/c1-9(15)10-8-13-11(14(10)5)16(6,7)12(2,3)4/h8H,1-7H3. The van der Waals surface area contributed by atoms with Gasteiger partial charge in [0.25, 0.3) is 0 Å². The summed E-state index contributed by atoms with van der Waals surface area (Å²) in [6.07, 6.45) is 1.71. The summed E-state index contributed by atoms with van der Waals surface area (Å²) in [5, 5.41) is 0.236. The van der Waals surface area contributed by atoms with Crippen molar-refractivity contribution in [2.24, 2.45) is 7.05 Å².